The van der Waals surface area contributed by atoms with E-state index in [1.165, 1.54) is 4.90 Å². The van der Waals surface area contributed by atoms with Gasteiger partial charge < -0.3 is 20.1 Å². The molecule has 0 saturated heterocycles. The number of ether oxygens (including phenoxy) is 1. The highest BCUT2D eigenvalue weighted by molar-refractivity contribution is 6.04. The summed E-state index contributed by atoms with van der Waals surface area (Å²) in [4.78, 5) is 36.7. The number of benzene rings is 1. The SMILES string of the molecule is CC(C)CN(CC(=O)O)C(=O)c1cccc2c1OC(C)C(=O)N2. The molecule has 2 rings (SSSR count). The van der Waals surface area contributed by atoms with Crippen molar-refractivity contribution in [3.8, 4) is 5.75 Å². The third-order valence-electron chi connectivity index (χ3n) is 3.37. The molecule has 23 heavy (non-hydrogen) atoms. The van der Waals surface area contributed by atoms with E-state index in [9.17, 15) is 14.4 Å². The molecule has 2 N–H and O–H groups in total. The van der Waals surface area contributed by atoms with Gasteiger partial charge in [-0.15, -0.1) is 0 Å². The molecule has 1 unspecified atom stereocenters. The van der Waals surface area contributed by atoms with Gasteiger partial charge in [0.05, 0.1) is 11.3 Å². The quantitative estimate of drug-likeness (QED) is 0.859. The van der Waals surface area contributed by atoms with E-state index < -0.39 is 18.0 Å². The van der Waals surface area contributed by atoms with Crippen molar-refractivity contribution < 1.29 is 24.2 Å². The number of rotatable bonds is 5. The number of fused-ring (bicyclic) bond motifs is 1. The molecule has 1 atom stereocenters. The number of amides is 2. The molecule has 7 heteroatoms. The van der Waals surface area contributed by atoms with Crippen molar-refractivity contribution in [3.63, 3.8) is 0 Å². The van der Waals surface area contributed by atoms with E-state index in [0.717, 1.165) is 0 Å². The van der Waals surface area contributed by atoms with Crippen molar-refractivity contribution in [1.29, 1.82) is 0 Å². The average molecular weight is 320 g/mol. The molecule has 1 heterocycles. The van der Waals surface area contributed by atoms with Crippen molar-refractivity contribution in [2.75, 3.05) is 18.4 Å². The van der Waals surface area contributed by atoms with Crippen LogP contribution in [0, 0.1) is 5.92 Å². The van der Waals surface area contributed by atoms with E-state index in [-0.39, 0.29) is 29.7 Å². The zero-order valence-corrected chi connectivity index (χ0v) is 13.3. The summed E-state index contributed by atoms with van der Waals surface area (Å²) in [5.74, 6) is -1.39. The number of anilines is 1. The molecule has 0 radical (unpaired) electrons. The van der Waals surface area contributed by atoms with E-state index in [1.807, 2.05) is 13.8 Å². The van der Waals surface area contributed by atoms with E-state index >= 15 is 0 Å². The topological polar surface area (TPSA) is 95.9 Å². The van der Waals surface area contributed by atoms with Gasteiger partial charge in [-0.2, -0.15) is 0 Å². The van der Waals surface area contributed by atoms with Crippen LogP contribution in [-0.4, -0.2) is 47.0 Å². The first kappa shape index (κ1) is 16.8. The molecule has 1 aliphatic heterocycles. The Morgan fingerprint density at radius 3 is 2.70 bits per heavy atom. The molecule has 1 aromatic rings. The summed E-state index contributed by atoms with van der Waals surface area (Å²) >= 11 is 0. The largest absolute Gasteiger partial charge is 0.480 e. The minimum atomic E-state index is -1.08. The van der Waals surface area contributed by atoms with Crippen molar-refractivity contribution in [2.24, 2.45) is 5.92 Å². The number of carbonyl (C=O) groups is 3. The van der Waals surface area contributed by atoms with E-state index in [1.54, 1.807) is 25.1 Å². The van der Waals surface area contributed by atoms with Crippen molar-refractivity contribution in [3.05, 3.63) is 23.8 Å². The fourth-order valence-electron chi connectivity index (χ4n) is 2.39. The van der Waals surface area contributed by atoms with Gasteiger partial charge in [-0.25, -0.2) is 0 Å². The predicted octanol–water partition coefficient (Wildman–Crippen LogP) is 1.59. The molecule has 0 fully saturated rings. The summed E-state index contributed by atoms with van der Waals surface area (Å²) in [6, 6.07) is 4.83. The molecular weight excluding hydrogens is 300 g/mol. The van der Waals surface area contributed by atoms with E-state index in [2.05, 4.69) is 5.32 Å². The van der Waals surface area contributed by atoms with Crippen molar-refractivity contribution >= 4 is 23.5 Å². The van der Waals surface area contributed by atoms with Gasteiger partial charge in [0, 0.05) is 6.54 Å². The molecule has 0 aromatic heterocycles. The summed E-state index contributed by atoms with van der Waals surface area (Å²) in [5, 5.41) is 11.7. The number of para-hydroxylation sites is 1. The van der Waals surface area contributed by atoms with Crippen LogP contribution in [0.1, 0.15) is 31.1 Å². The molecule has 0 saturated carbocycles. The zero-order chi connectivity index (χ0) is 17.1. The van der Waals surface area contributed by atoms with Gasteiger partial charge in [0.15, 0.2) is 11.9 Å². The fraction of sp³-hybridized carbons (Fsp3) is 0.438. The zero-order valence-electron chi connectivity index (χ0n) is 13.3. The highest BCUT2D eigenvalue weighted by Gasteiger charge is 2.30. The average Bonchev–Trinajstić information content (AvgIpc) is 2.45. The number of nitrogens with zero attached hydrogens (tertiary/aromatic N) is 1. The van der Waals surface area contributed by atoms with Crippen LogP contribution in [0.5, 0.6) is 5.75 Å². The Hall–Kier alpha value is -2.57. The van der Waals surface area contributed by atoms with Crippen LogP contribution in [0.2, 0.25) is 0 Å². The van der Waals surface area contributed by atoms with Crippen LogP contribution in [0.4, 0.5) is 5.69 Å². The highest BCUT2D eigenvalue weighted by Crippen LogP contribution is 2.34. The second-order valence-corrected chi connectivity index (χ2v) is 5.90. The Kier molecular flexibility index (Phi) is 4.88. The molecule has 7 nitrogen and oxygen atoms in total. The lowest BCUT2D eigenvalue weighted by Crippen LogP contribution is -2.40. The maximum absolute atomic E-state index is 12.7. The Labute approximate surface area is 134 Å². The number of aliphatic carboxylic acids is 1. The van der Waals surface area contributed by atoms with Crippen molar-refractivity contribution in [2.45, 2.75) is 26.9 Å². The number of carbonyl (C=O) groups excluding carboxylic acids is 2. The monoisotopic (exact) mass is 320 g/mol. The minimum absolute atomic E-state index is 0.123. The Bertz CT molecular complexity index is 641. The first-order chi connectivity index (χ1) is 10.8. The van der Waals surface area contributed by atoms with Crippen LogP contribution in [0.3, 0.4) is 0 Å². The first-order valence-corrected chi connectivity index (χ1v) is 7.41. The van der Waals surface area contributed by atoms with Gasteiger partial charge in [0.2, 0.25) is 0 Å². The Balaban J connectivity index is 2.36. The first-order valence-electron chi connectivity index (χ1n) is 7.41. The van der Waals surface area contributed by atoms with Gasteiger partial charge in [0.1, 0.15) is 6.54 Å². The van der Waals surface area contributed by atoms with Crippen LogP contribution >= 0.6 is 0 Å². The second-order valence-electron chi connectivity index (χ2n) is 5.90. The number of nitrogens with one attached hydrogen (secondary N) is 1. The molecule has 124 valence electrons. The minimum Gasteiger partial charge on any atom is -0.480 e. The predicted molar refractivity (Wildman–Crippen MR) is 83.5 cm³/mol. The number of hydrogen-bond acceptors (Lipinski definition) is 4. The van der Waals surface area contributed by atoms with Crippen LogP contribution in [-0.2, 0) is 9.59 Å². The normalized spacial score (nSPS) is 16.3. The molecular formula is C16H20N2O5. The van der Waals surface area contributed by atoms with Crippen LogP contribution in [0.25, 0.3) is 0 Å². The van der Waals surface area contributed by atoms with Gasteiger partial charge >= 0.3 is 5.97 Å². The summed E-state index contributed by atoms with van der Waals surface area (Å²) in [6.45, 7) is 5.32. The van der Waals surface area contributed by atoms with Crippen LogP contribution < -0.4 is 10.1 Å². The Morgan fingerprint density at radius 1 is 1.39 bits per heavy atom. The van der Waals surface area contributed by atoms with Gasteiger partial charge in [0.25, 0.3) is 11.8 Å². The van der Waals surface area contributed by atoms with E-state index in [4.69, 9.17) is 9.84 Å². The molecule has 1 aromatic carbocycles. The Morgan fingerprint density at radius 2 is 2.09 bits per heavy atom. The fourth-order valence-corrected chi connectivity index (χ4v) is 2.39. The lowest BCUT2D eigenvalue weighted by Gasteiger charge is -2.28. The third-order valence-corrected chi connectivity index (χ3v) is 3.37. The standard InChI is InChI=1S/C16H20N2O5/c1-9(2)7-18(8-13(19)20)16(22)11-5-4-6-12-14(11)23-10(3)15(21)17-12/h4-6,9-10H,7-8H2,1-3H3,(H,17,21)(H,19,20). The highest BCUT2D eigenvalue weighted by atomic mass is 16.5. The summed E-state index contributed by atoms with van der Waals surface area (Å²) in [7, 11) is 0. The van der Waals surface area contributed by atoms with Crippen LogP contribution in [0.15, 0.2) is 18.2 Å². The second kappa shape index (κ2) is 6.68. The molecule has 1 aliphatic rings. The maximum Gasteiger partial charge on any atom is 0.323 e. The lowest BCUT2D eigenvalue weighted by molar-refractivity contribution is -0.137. The summed E-state index contributed by atoms with van der Waals surface area (Å²) in [6.07, 6.45) is -0.713. The molecule has 0 spiro atoms. The summed E-state index contributed by atoms with van der Waals surface area (Å²) < 4.78 is 5.55. The molecule has 2 amide bonds. The number of carboxylic acid groups (broad SMARTS) is 1. The molecule has 0 bridgehead atoms. The number of carboxylic acids is 1. The third kappa shape index (κ3) is 3.80. The van der Waals surface area contributed by atoms with Crippen molar-refractivity contribution in [1.82, 2.24) is 4.90 Å². The van der Waals surface area contributed by atoms with Gasteiger partial charge in [-0.1, -0.05) is 19.9 Å². The number of hydrogen-bond donors (Lipinski definition) is 2. The van der Waals surface area contributed by atoms with Gasteiger partial charge in [-0.05, 0) is 25.0 Å². The van der Waals surface area contributed by atoms with Gasteiger partial charge in [-0.3, -0.25) is 14.4 Å². The lowest BCUT2D eigenvalue weighted by atomic mass is 10.1. The summed E-state index contributed by atoms with van der Waals surface area (Å²) in [5.41, 5.74) is 0.662. The maximum atomic E-state index is 12.7. The van der Waals surface area contributed by atoms with E-state index in [0.29, 0.717) is 12.2 Å². The molecule has 0 aliphatic carbocycles. The smallest absolute Gasteiger partial charge is 0.323 e.